The number of carbonyl (C=O) groups is 3. The molecule has 0 unspecified atom stereocenters. The van der Waals surface area contributed by atoms with Gasteiger partial charge in [-0.25, -0.2) is 4.85 Å². The quantitative estimate of drug-likeness (QED) is 0.142. The van der Waals surface area contributed by atoms with E-state index in [0.717, 1.165) is 5.56 Å². The minimum Gasteiger partial charge on any atom is -0.457 e. The maximum atomic E-state index is 13.6. The number of benzene rings is 4. The topological polar surface area (TPSA) is 108 Å². The Morgan fingerprint density at radius 2 is 1.51 bits per heavy atom. The fraction of sp³-hybridized carbons (Fsp3) is 0.167. The van der Waals surface area contributed by atoms with Crippen molar-refractivity contribution < 1.29 is 19.1 Å². The molecule has 9 heteroatoms. The molecule has 0 fully saturated rings. The van der Waals surface area contributed by atoms with Crippen LogP contribution in [0.5, 0.6) is 11.5 Å². The van der Waals surface area contributed by atoms with E-state index in [9.17, 15) is 14.4 Å². The summed E-state index contributed by atoms with van der Waals surface area (Å²) < 4.78 is 5.93. The summed E-state index contributed by atoms with van der Waals surface area (Å²) in [6.07, 6.45) is 0. The molecule has 3 N–H and O–H groups in total. The monoisotopic (exact) mass is 599 g/mol. The molecule has 3 amide bonds. The lowest BCUT2D eigenvalue weighted by atomic mass is 10.0. The summed E-state index contributed by atoms with van der Waals surface area (Å²) in [4.78, 5) is 47.4. The number of nitrogens with zero attached hydrogens (tertiary/aromatic N) is 2. The number of para-hydroxylation sites is 1. The lowest BCUT2D eigenvalue weighted by Gasteiger charge is -2.21. The first-order chi connectivity index (χ1) is 21.8. The van der Waals surface area contributed by atoms with E-state index < -0.39 is 17.7 Å². The van der Waals surface area contributed by atoms with Gasteiger partial charge in [0.2, 0.25) is 17.5 Å². The van der Waals surface area contributed by atoms with E-state index in [0.29, 0.717) is 39.7 Å². The number of rotatable bonds is 11. The van der Waals surface area contributed by atoms with Crippen molar-refractivity contribution in [2.75, 3.05) is 18.4 Å². The van der Waals surface area contributed by atoms with Gasteiger partial charge in [0.25, 0.3) is 5.91 Å². The van der Waals surface area contributed by atoms with Crippen molar-refractivity contribution in [2.24, 2.45) is 0 Å². The van der Waals surface area contributed by atoms with Gasteiger partial charge in [0.1, 0.15) is 30.3 Å². The van der Waals surface area contributed by atoms with Crippen LogP contribution in [0.4, 0.5) is 11.4 Å². The summed E-state index contributed by atoms with van der Waals surface area (Å²) in [7, 11) is 0. The zero-order valence-corrected chi connectivity index (χ0v) is 25.0. The van der Waals surface area contributed by atoms with Gasteiger partial charge < -0.3 is 25.3 Å². The second kappa shape index (κ2) is 14.1. The third-order valence-electron chi connectivity index (χ3n) is 7.19. The highest BCUT2D eigenvalue weighted by atomic mass is 16.5. The van der Waals surface area contributed by atoms with Crippen molar-refractivity contribution in [1.29, 1.82) is 0 Å². The Kier molecular flexibility index (Phi) is 9.55. The predicted molar refractivity (Wildman–Crippen MR) is 174 cm³/mol. The fourth-order valence-electron chi connectivity index (χ4n) is 4.78. The summed E-state index contributed by atoms with van der Waals surface area (Å²) in [5, 5.41) is 6.29. The third kappa shape index (κ3) is 7.94. The summed E-state index contributed by atoms with van der Waals surface area (Å²) in [6, 6.07) is 31.0. The van der Waals surface area contributed by atoms with Gasteiger partial charge in [-0.2, -0.15) is 0 Å². The first-order valence-corrected chi connectivity index (χ1v) is 14.6. The Bertz CT molecular complexity index is 1840. The zero-order chi connectivity index (χ0) is 31.8. The van der Waals surface area contributed by atoms with E-state index in [1.165, 1.54) is 10.5 Å². The molecule has 9 nitrogen and oxygen atoms in total. The van der Waals surface area contributed by atoms with Gasteiger partial charge in [-0.05, 0) is 64.9 Å². The second-order valence-corrected chi connectivity index (χ2v) is 10.9. The largest absolute Gasteiger partial charge is 0.457 e. The number of nitrogens with one attached hydrogen (secondary N) is 3. The molecule has 1 aromatic heterocycles. The van der Waals surface area contributed by atoms with Crippen LogP contribution in [0.2, 0.25) is 0 Å². The van der Waals surface area contributed by atoms with Crippen LogP contribution < -0.4 is 15.4 Å². The molecule has 4 aromatic carbocycles. The average molecular weight is 600 g/mol. The van der Waals surface area contributed by atoms with Crippen LogP contribution in [0, 0.1) is 6.57 Å². The van der Waals surface area contributed by atoms with E-state index in [1.54, 1.807) is 48.5 Å². The molecule has 0 aliphatic heterocycles. The number of fused-ring (bicyclic) bond motifs is 1. The minimum atomic E-state index is -0.542. The molecule has 0 aliphatic rings. The number of aromatic amines is 1. The van der Waals surface area contributed by atoms with Gasteiger partial charge in [-0.1, -0.05) is 74.5 Å². The van der Waals surface area contributed by atoms with Gasteiger partial charge in [0.05, 0.1) is 12.1 Å². The molecular formula is C36H33N5O4. The summed E-state index contributed by atoms with van der Waals surface area (Å²) >= 11 is 0. The van der Waals surface area contributed by atoms with Crippen LogP contribution in [0.1, 0.15) is 41.4 Å². The standard InChI is InChI=1S/C36H33N5O4/c1-24(2)26-12-16-29(17-13-26)45-30-18-14-28(15-19-30)39-34(43)23-41(22-33(42)38-21-25-8-5-4-6-9-25)36(44)32-20-27-10-7-11-31(37-3)35(27)40-32/h4-20,24,40H,21-23H2,1-2H3,(H,38,42)(H,39,43). The van der Waals surface area contributed by atoms with Crippen LogP contribution in [-0.4, -0.2) is 40.7 Å². The van der Waals surface area contributed by atoms with Gasteiger partial charge >= 0.3 is 0 Å². The molecule has 0 spiro atoms. The van der Waals surface area contributed by atoms with Crippen LogP contribution in [0.15, 0.2) is 103 Å². The molecule has 5 rings (SSSR count). The fourth-order valence-corrected chi connectivity index (χ4v) is 4.78. The molecule has 1 heterocycles. The summed E-state index contributed by atoms with van der Waals surface area (Å²) in [5.74, 6) is 0.304. The van der Waals surface area contributed by atoms with Gasteiger partial charge in [0.15, 0.2) is 0 Å². The first-order valence-electron chi connectivity index (χ1n) is 14.6. The number of H-pyrrole nitrogens is 1. The van der Waals surface area contributed by atoms with Crippen molar-refractivity contribution in [3.05, 3.63) is 131 Å². The molecule has 45 heavy (non-hydrogen) atoms. The molecule has 0 aliphatic carbocycles. The van der Waals surface area contributed by atoms with Crippen molar-refractivity contribution >= 4 is 40.0 Å². The lowest BCUT2D eigenvalue weighted by Crippen LogP contribution is -2.44. The van der Waals surface area contributed by atoms with Crippen LogP contribution in [-0.2, 0) is 16.1 Å². The number of ether oxygens (including phenoxy) is 1. The molecule has 5 aromatic rings. The SMILES string of the molecule is [C-]#[N+]c1cccc2cc(C(=O)N(CC(=O)NCc3ccccc3)CC(=O)Nc3ccc(Oc4ccc(C(C)C)cc4)cc3)[nH]c12. The van der Waals surface area contributed by atoms with Gasteiger partial charge in [0, 0.05) is 12.2 Å². The number of aromatic nitrogens is 1. The minimum absolute atomic E-state index is 0.174. The van der Waals surface area contributed by atoms with E-state index >= 15 is 0 Å². The van der Waals surface area contributed by atoms with E-state index in [4.69, 9.17) is 11.3 Å². The number of amides is 3. The van der Waals surface area contributed by atoms with Crippen LogP contribution >= 0.6 is 0 Å². The number of anilines is 1. The maximum absolute atomic E-state index is 13.6. The predicted octanol–water partition coefficient (Wildman–Crippen LogP) is 7.03. The van der Waals surface area contributed by atoms with Crippen LogP contribution in [0.3, 0.4) is 0 Å². The van der Waals surface area contributed by atoms with E-state index in [1.807, 2.05) is 54.6 Å². The van der Waals surface area contributed by atoms with Crippen LogP contribution in [0.25, 0.3) is 15.7 Å². The molecule has 0 atom stereocenters. The lowest BCUT2D eigenvalue weighted by molar-refractivity contribution is -0.122. The first kappa shape index (κ1) is 30.6. The molecule has 0 saturated carbocycles. The van der Waals surface area contributed by atoms with Crippen molar-refractivity contribution in [3.8, 4) is 11.5 Å². The van der Waals surface area contributed by atoms with Crippen molar-refractivity contribution in [2.45, 2.75) is 26.3 Å². The molecule has 0 bridgehead atoms. The zero-order valence-electron chi connectivity index (χ0n) is 25.0. The Balaban J connectivity index is 1.27. The smallest absolute Gasteiger partial charge is 0.271 e. The second-order valence-electron chi connectivity index (χ2n) is 10.9. The van der Waals surface area contributed by atoms with E-state index in [-0.39, 0.29) is 25.3 Å². The Morgan fingerprint density at radius 3 is 2.18 bits per heavy atom. The normalized spacial score (nSPS) is 10.7. The number of hydrogen-bond donors (Lipinski definition) is 3. The Hall–Kier alpha value is -5.88. The summed E-state index contributed by atoms with van der Waals surface area (Å²) in [6.45, 7) is 11.3. The Morgan fingerprint density at radius 1 is 0.844 bits per heavy atom. The average Bonchev–Trinajstić information content (AvgIpc) is 3.49. The van der Waals surface area contributed by atoms with Crippen molar-refractivity contribution in [1.82, 2.24) is 15.2 Å². The summed E-state index contributed by atoms with van der Waals surface area (Å²) in [5.41, 5.74) is 3.70. The third-order valence-corrected chi connectivity index (χ3v) is 7.19. The van der Waals surface area contributed by atoms with Crippen molar-refractivity contribution in [3.63, 3.8) is 0 Å². The van der Waals surface area contributed by atoms with Gasteiger partial charge in [-0.15, -0.1) is 0 Å². The number of hydrogen-bond acceptors (Lipinski definition) is 4. The molecule has 0 saturated heterocycles. The molecule has 226 valence electrons. The molecular weight excluding hydrogens is 566 g/mol. The Labute approximate surface area is 261 Å². The van der Waals surface area contributed by atoms with E-state index in [2.05, 4.69) is 34.3 Å². The highest BCUT2D eigenvalue weighted by molar-refractivity contribution is 6.04. The number of carbonyl (C=O) groups excluding carboxylic acids is 3. The van der Waals surface area contributed by atoms with Gasteiger partial charge in [-0.3, -0.25) is 14.4 Å². The highest BCUT2D eigenvalue weighted by Crippen LogP contribution is 2.27. The maximum Gasteiger partial charge on any atom is 0.271 e. The highest BCUT2D eigenvalue weighted by Gasteiger charge is 2.24. The molecule has 0 radical (unpaired) electrons.